The Balaban J connectivity index is 1.59. The van der Waals surface area contributed by atoms with Crippen LogP contribution in [0.1, 0.15) is 23.1 Å². The van der Waals surface area contributed by atoms with Crippen molar-refractivity contribution in [2.45, 2.75) is 26.3 Å². The van der Waals surface area contributed by atoms with Gasteiger partial charge in [0.05, 0.1) is 18.0 Å². The van der Waals surface area contributed by atoms with Gasteiger partial charge in [0.1, 0.15) is 0 Å². The van der Waals surface area contributed by atoms with Crippen molar-refractivity contribution in [2.24, 2.45) is 5.92 Å². The van der Waals surface area contributed by atoms with Crippen LogP contribution >= 0.6 is 0 Å². The molecule has 4 nitrogen and oxygen atoms in total. The number of carbonyl (C=O) groups excluding carboxylic acids is 2. The van der Waals surface area contributed by atoms with Crippen LogP contribution in [0, 0.1) is 12.8 Å². The van der Waals surface area contributed by atoms with E-state index in [0.29, 0.717) is 13.0 Å². The largest absolute Gasteiger partial charge is 0.278 e. The first-order valence-electron chi connectivity index (χ1n) is 8.85. The average Bonchev–Trinajstić information content (AvgIpc) is 2.92. The number of nitrogens with zero attached hydrogens (tertiary/aromatic N) is 2. The molecule has 1 fully saturated rings. The van der Waals surface area contributed by atoms with E-state index < -0.39 is 0 Å². The fourth-order valence-corrected chi connectivity index (χ4v) is 3.65. The van der Waals surface area contributed by atoms with Crippen molar-refractivity contribution >= 4 is 22.7 Å². The minimum absolute atomic E-state index is 0.0776. The molecule has 0 radical (unpaired) electrons. The number of imide groups is 1. The molecule has 1 atom stereocenters. The first kappa shape index (κ1) is 16.5. The molecule has 1 aliphatic heterocycles. The van der Waals surface area contributed by atoms with E-state index in [4.69, 9.17) is 0 Å². The highest BCUT2D eigenvalue weighted by Gasteiger charge is 2.38. The normalized spacial score (nSPS) is 17.3. The summed E-state index contributed by atoms with van der Waals surface area (Å²) >= 11 is 0. The van der Waals surface area contributed by atoms with Gasteiger partial charge in [0.25, 0.3) is 0 Å². The van der Waals surface area contributed by atoms with Gasteiger partial charge in [-0.25, -0.2) is 0 Å². The molecule has 0 bridgehead atoms. The molecule has 1 saturated heterocycles. The Morgan fingerprint density at radius 1 is 1.04 bits per heavy atom. The van der Waals surface area contributed by atoms with Crippen LogP contribution in [0.3, 0.4) is 0 Å². The van der Waals surface area contributed by atoms with Gasteiger partial charge in [0, 0.05) is 18.0 Å². The van der Waals surface area contributed by atoms with Crippen molar-refractivity contribution in [1.82, 2.24) is 9.88 Å². The summed E-state index contributed by atoms with van der Waals surface area (Å²) in [5.41, 5.74) is 4.07. The lowest BCUT2D eigenvalue weighted by molar-refractivity contribution is -0.140. The Bertz CT molecular complexity index is 982. The maximum atomic E-state index is 12.9. The van der Waals surface area contributed by atoms with Crippen LogP contribution in [0.25, 0.3) is 10.9 Å². The highest BCUT2D eigenvalue weighted by Crippen LogP contribution is 2.29. The van der Waals surface area contributed by atoms with Crippen molar-refractivity contribution in [1.29, 1.82) is 0 Å². The number of hydrogen-bond acceptors (Lipinski definition) is 3. The molecule has 4 rings (SSSR count). The van der Waals surface area contributed by atoms with Gasteiger partial charge in [-0.2, -0.15) is 0 Å². The van der Waals surface area contributed by atoms with Crippen LogP contribution in [0.2, 0.25) is 0 Å². The van der Waals surface area contributed by atoms with E-state index in [0.717, 1.165) is 27.6 Å². The molecule has 1 aliphatic rings. The number of pyridine rings is 1. The number of amides is 2. The van der Waals surface area contributed by atoms with Gasteiger partial charge in [0.2, 0.25) is 11.8 Å². The second-order valence-corrected chi connectivity index (χ2v) is 6.85. The highest BCUT2D eigenvalue weighted by molar-refractivity contribution is 6.03. The van der Waals surface area contributed by atoms with Crippen molar-refractivity contribution in [3.8, 4) is 0 Å². The molecule has 1 unspecified atom stereocenters. The third-order valence-corrected chi connectivity index (χ3v) is 5.09. The second-order valence-electron chi connectivity index (χ2n) is 6.85. The summed E-state index contributed by atoms with van der Waals surface area (Å²) < 4.78 is 0. The quantitative estimate of drug-likeness (QED) is 0.679. The third-order valence-electron chi connectivity index (χ3n) is 5.09. The Labute approximate surface area is 152 Å². The molecule has 2 aromatic carbocycles. The maximum absolute atomic E-state index is 12.9. The van der Waals surface area contributed by atoms with Crippen molar-refractivity contribution in [2.75, 3.05) is 0 Å². The maximum Gasteiger partial charge on any atom is 0.233 e. The van der Waals surface area contributed by atoms with Crippen LogP contribution in [-0.2, 0) is 22.6 Å². The van der Waals surface area contributed by atoms with Crippen molar-refractivity contribution in [3.05, 3.63) is 77.5 Å². The van der Waals surface area contributed by atoms with E-state index in [1.165, 1.54) is 4.90 Å². The zero-order valence-electron chi connectivity index (χ0n) is 14.7. The number of fused-ring (bicyclic) bond motifs is 1. The van der Waals surface area contributed by atoms with Gasteiger partial charge in [-0.1, -0.05) is 48.5 Å². The first-order valence-corrected chi connectivity index (χ1v) is 8.85. The smallest absolute Gasteiger partial charge is 0.233 e. The lowest BCUT2D eigenvalue weighted by atomic mass is 9.93. The number of aromatic nitrogens is 1. The molecular formula is C22H20N2O2. The Morgan fingerprint density at radius 3 is 2.65 bits per heavy atom. The number of rotatable bonds is 4. The van der Waals surface area contributed by atoms with Crippen LogP contribution < -0.4 is 0 Å². The predicted octanol–water partition coefficient (Wildman–Crippen LogP) is 3.66. The predicted molar refractivity (Wildman–Crippen MR) is 100 cm³/mol. The highest BCUT2D eigenvalue weighted by atomic mass is 16.2. The van der Waals surface area contributed by atoms with Crippen LogP contribution in [-0.4, -0.2) is 21.7 Å². The summed E-state index contributed by atoms with van der Waals surface area (Å²) in [5, 5.41) is 1.06. The van der Waals surface area contributed by atoms with E-state index >= 15 is 0 Å². The Hall–Kier alpha value is -3.01. The van der Waals surface area contributed by atoms with Gasteiger partial charge in [-0.15, -0.1) is 0 Å². The van der Waals surface area contributed by atoms with E-state index in [1.54, 1.807) is 6.20 Å². The number of carbonyl (C=O) groups is 2. The van der Waals surface area contributed by atoms with Crippen LogP contribution in [0.5, 0.6) is 0 Å². The van der Waals surface area contributed by atoms with Gasteiger partial charge < -0.3 is 0 Å². The Morgan fingerprint density at radius 2 is 1.85 bits per heavy atom. The summed E-state index contributed by atoms with van der Waals surface area (Å²) in [5.74, 6) is -0.474. The molecular weight excluding hydrogens is 324 g/mol. The fraction of sp³-hybridized carbons (Fsp3) is 0.227. The lowest BCUT2D eigenvalue weighted by Crippen LogP contribution is -2.30. The zero-order chi connectivity index (χ0) is 18.1. The van der Waals surface area contributed by atoms with Crippen molar-refractivity contribution < 1.29 is 9.59 Å². The van der Waals surface area contributed by atoms with E-state index in [9.17, 15) is 9.59 Å². The summed E-state index contributed by atoms with van der Waals surface area (Å²) in [6.07, 6.45) is 2.60. The van der Waals surface area contributed by atoms with Gasteiger partial charge in [-0.05, 0) is 36.1 Å². The SMILES string of the molecule is Cc1ccc2cccnc2c1CC1CC(=O)N(Cc2ccccc2)C1=O. The molecule has 4 heteroatoms. The van der Waals surface area contributed by atoms with E-state index in [-0.39, 0.29) is 24.2 Å². The molecule has 26 heavy (non-hydrogen) atoms. The number of benzene rings is 2. The molecule has 0 spiro atoms. The van der Waals surface area contributed by atoms with Crippen LogP contribution in [0.4, 0.5) is 0 Å². The van der Waals surface area contributed by atoms with E-state index in [1.807, 2.05) is 55.5 Å². The second kappa shape index (κ2) is 6.71. The Kier molecular flexibility index (Phi) is 4.25. The fourth-order valence-electron chi connectivity index (χ4n) is 3.65. The molecule has 1 aromatic heterocycles. The zero-order valence-corrected chi connectivity index (χ0v) is 14.7. The standard InChI is InChI=1S/C22H20N2O2/c1-15-9-10-17-8-5-11-23-21(17)19(15)12-18-13-20(25)24(22(18)26)14-16-6-3-2-4-7-16/h2-11,18H,12-14H2,1H3. The number of aryl methyl sites for hydroxylation is 1. The molecule has 0 aliphatic carbocycles. The van der Waals surface area contributed by atoms with Crippen molar-refractivity contribution in [3.63, 3.8) is 0 Å². The first-order chi connectivity index (χ1) is 12.6. The molecule has 2 heterocycles. The summed E-state index contributed by atoms with van der Waals surface area (Å²) in [6.45, 7) is 2.38. The summed E-state index contributed by atoms with van der Waals surface area (Å²) in [6, 6.07) is 17.7. The minimum atomic E-state index is -0.308. The molecule has 130 valence electrons. The molecule has 3 aromatic rings. The molecule has 0 N–H and O–H groups in total. The van der Waals surface area contributed by atoms with E-state index in [2.05, 4.69) is 11.1 Å². The summed E-state index contributed by atoms with van der Waals surface area (Å²) in [4.78, 5) is 31.2. The third kappa shape index (κ3) is 2.99. The number of likely N-dealkylation sites (tertiary alicyclic amines) is 1. The number of hydrogen-bond donors (Lipinski definition) is 0. The summed E-state index contributed by atoms with van der Waals surface area (Å²) in [7, 11) is 0. The minimum Gasteiger partial charge on any atom is -0.278 e. The topological polar surface area (TPSA) is 50.3 Å². The van der Waals surface area contributed by atoms with Gasteiger partial charge in [-0.3, -0.25) is 19.5 Å². The van der Waals surface area contributed by atoms with Crippen LogP contribution in [0.15, 0.2) is 60.8 Å². The molecule has 0 saturated carbocycles. The lowest BCUT2D eigenvalue weighted by Gasteiger charge is -2.16. The average molecular weight is 344 g/mol. The monoisotopic (exact) mass is 344 g/mol. The van der Waals surface area contributed by atoms with Gasteiger partial charge in [0.15, 0.2) is 0 Å². The van der Waals surface area contributed by atoms with Gasteiger partial charge >= 0.3 is 0 Å². The molecule has 2 amide bonds.